The zero-order valence-corrected chi connectivity index (χ0v) is 26.3. The minimum absolute atomic E-state index is 0.173. The van der Waals surface area contributed by atoms with Gasteiger partial charge >= 0.3 is 6.03 Å². The Labute approximate surface area is 260 Å². The Kier molecular flexibility index (Phi) is 10.2. The summed E-state index contributed by atoms with van der Waals surface area (Å²) in [4.78, 5) is 40.3. The van der Waals surface area contributed by atoms with Crippen LogP contribution in [0.2, 0.25) is 0 Å². The number of rotatable bonds is 11. The molecule has 1 aliphatic rings. The number of hydrogen-bond acceptors (Lipinski definition) is 6. The van der Waals surface area contributed by atoms with Crippen molar-refractivity contribution in [2.24, 2.45) is 0 Å². The van der Waals surface area contributed by atoms with Crippen LogP contribution in [0.5, 0.6) is 17.2 Å². The number of benzene rings is 3. The number of amides is 4. The lowest BCUT2D eigenvalue weighted by molar-refractivity contribution is -0.122. The molecule has 1 N–H and O–H groups in total. The number of carbonyl (C=O) groups is 3. The first-order chi connectivity index (χ1) is 19.7. The highest BCUT2D eigenvalue weighted by Gasteiger charge is 2.38. The van der Waals surface area contributed by atoms with E-state index in [1.54, 1.807) is 31.2 Å². The maximum absolute atomic E-state index is 13.6. The molecule has 0 unspecified atom stereocenters. The molecule has 0 saturated carbocycles. The van der Waals surface area contributed by atoms with Gasteiger partial charge in [0.25, 0.3) is 11.8 Å². The zero-order chi connectivity index (χ0) is 29.5. The second-order valence-electron chi connectivity index (χ2n) is 8.85. The van der Waals surface area contributed by atoms with Gasteiger partial charge in [-0.25, -0.2) is 9.69 Å². The summed E-state index contributed by atoms with van der Waals surface area (Å²) >= 11 is 5.84. The summed E-state index contributed by atoms with van der Waals surface area (Å²) in [6.45, 7) is 8.53. The minimum atomic E-state index is -0.875. The third-order valence-electron chi connectivity index (χ3n) is 6.00. The van der Waals surface area contributed by atoms with E-state index in [0.29, 0.717) is 53.5 Å². The molecule has 0 bridgehead atoms. The van der Waals surface area contributed by atoms with Gasteiger partial charge in [-0.1, -0.05) is 18.2 Å². The Bertz CT molecular complexity index is 1520. The smallest absolute Gasteiger partial charge is 0.336 e. The van der Waals surface area contributed by atoms with Crippen LogP contribution in [0.3, 0.4) is 0 Å². The van der Waals surface area contributed by atoms with Gasteiger partial charge in [0.05, 0.1) is 23.4 Å². The Morgan fingerprint density at radius 3 is 2.39 bits per heavy atom. The molecule has 1 saturated heterocycles. The normalized spacial score (nSPS) is 14.2. The quantitative estimate of drug-likeness (QED) is 0.101. The first kappa shape index (κ1) is 30.3. The summed E-state index contributed by atoms with van der Waals surface area (Å²) in [5.41, 5.74) is 2.36. The van der Waals surface area contributed by atoms with Crippen LogP contribution in [-0.2, 0) is 22.6 Å². The highest BCUT2D eigenvalue weighted by Crippen LogP contribution is 2.36. The average Bonchev–Trinajstić information content (AvgIpc) is 2.93. The van der Waals surface area contributed by atoms with Crippen molar-refractivity contribution in [2.45, 2.75) is 26.9 Å². The first-order valence-corrected chi connectivity index (χ1v) is 14.7. The largest absolute Gasteiger partial charge is 0.494 e. The number of nitrogens with one attached hydrogen (secondary N) is 1. The van der Waals surface area contributed by atoms with E-state index in [2.05, 4.69) is 50.4 Å². The molecular weight excluding hydrogens is 703 g/mol. The lowest BCUT2D eigenvalue weighted by Gasteiger charge is -2.28. The highest BCUT2D eigenvalue weighted by molar-refractivity contribution is 14.1. The molecule has 0 aromatic heterocycles. The van der Waals surface area contributed by atoms with Crippen LogP contribution in [0.1, 0.15) is 30.5 Å². The number of urea groups is 1. The SMILES string of the molecule is C=CCc1cc(/C=C2\C(=O)NC(=O)N(c3cc(OCC)ccc3OCC)C2=O)cc(Br)c1OCc1ccc(I)cc1. The molecule has 3 aromatic rings. The lowest BCUT2D eigenvalue weighted by Crippen LogP contribution is -2.54. The van der Waals surface area contributed by atoms with Crippen molar-refractivity contribution in [1.29, 1.82) is 0 Å². The van der Waals surface area contributed by atoms with Crippen LogP contribution in [0.15, 0.2) is 77.3 Å². The van der Waals surface area contributed by atoms with E-state index in [4.69, 9.17) is 14.2 Å². The standard InChI is InChI=1S/C31H28BrIN2O6/c1-4-7-21-14-20(16-25(32)28(21)41-18-19-8-10-22(33)11-9-19)15-24-29(36)34-31(38)35(30(24)37)26-17-23(39-5-2)12-13-27(26)40-6-3/h4,8-17H,1,5-7,18H2,2-3H3,(H,34,36,38)/b24-15+. The van der Waals surface area contributed by atoms with Crippen molar-refractivity contribution in [1.82, 2.24) is 5.32 Å². The summed E-state index contributed by atoms with van der Waals surface area (Å²) in [7, 11) is 0. The van der Waals surface area contributed by atoms with Gasteiger partial charge in [0.2, 0.25) is 0 Å². The summed E-state index contributed by atoms with van der Waals surface area (Å²) in [6, 6.07) is 15.6. The van der Waals surface area contributed by atoms with Crippen molar-refractivity contribution in [3.63, 3.8) is 0 Å². The van der Waals surface area contributed by atoms with E-state index < -0.39 is 17.8 Å². The van der Waals surface area contributed by atoms with Crippen molar-refractivity contribution in [2.75, 3.05) is 18.1 Å². The van der Waals surface area contributed by atoms with Crippen LogP contribution in [-0.4, -0.2) is 31.1 Å². The fourth-order valence-corrected chi connectivity index (χ4v) is 5.20. The predicted octanol–water partition coefficient (Wildman–Crippen LogP) is 6.83. The molecular formula is C31H28BrIN2O6. The third kappa shape index (κ3) is 7.17. The molecule has 0 radical (unpaired) electrons. The van der Waals surface area contributed by atoms with E-state index in [0.717, 1.165) is 19.6 Å². The van der Waals surface area contributed by atoms with Gasteiger partial charge in [-0.3, -0.25) is 14.9 Å². The molecule has 0 aliphatic carbocycles. The molecule has 3 aromatic carbocycles. The van der Waals surface area contributed by atoms with Crippen LogP contribution in [0.25, 0.3) is 6.08 Å². The van der Waals surface area contributed by atoms with Gasteiger partial charge in [-0.15, -0.1) is 6.58 Å². The molecule has 0 atom stereocenters. The van der Waals surface area contributed by atoms with Gasteiger partial charge < -0.3 is 14.2 Å². The van der Waals surface area contributed by atoms with Crippen LogP contribution in [0, 0.1) is 3.57 Å². The number of imide groups is 2. The van der Waals surface area contributed by atoms with Crippen LogP contribution < -0.4 is 24.4 Å². The van der Waals surface area contributed by atoms with Gasteiger partial charge in [0, 0.05) is 9.64 Å². The maximum Gasteiger partial charge on any atom is 0.336 e. The van der Waals surface area contributed by atoms with Gasteiger partial charge in [-0.2, -0.15) is 0 Å². The zero-order valence-electron chi connectivity index (χ0n) is 22.5. The number of carbonyl (C=O) groups excluding carboxylic acids is 3. The first-order valence-electron chi connectivity index (χ1n) is 12.9. The molecule has 0 spiro atoms. The molecule has 1 fully saturated rings. The molecule has 1 heterocycles. The monoisotopic (exact) mass is 730 g/mol. The Balaban J connectivity index is 1.69. The number of barbiturate groups is 1. The topological polar surface area (TPSA) is 94.2 Å². The molecule has 8 nitrogen and oxygen atoms in total. The molecule has 4 rings (SSSR count). The summed E-state index contributed by atoms with van der Waals surface area (Å²) in [5.74, 6) is -0.188. The molecule has 1 aliphatic heterocycles. The fourth-order valence-electron chi connectivity index (χ4n) is 4.21. The number of allylic oxidation sites excluding steroid dienone is 1. The molecule has 212 valence electrons. The molecule has 10 heteroatoms. The Morgan fingerprint density at radius 2 is 1.71 bits per heavy atom. The van der Waals surface area contributed by atoms with Gasteiger partial charge in [0.15, 0.2) is 0 Å². The summed E-state index contributed by atoms with van der Waals surface area (Å²) in [5, 5.41) is 2.27. The molecule has 41 heavy (non-hydrogen) atoms. The summed E-state index contributed by atoms with van der Waals surface area (Å²) in [6.07, 6.45) is 3.68. The van der Waals surface area contributed by atoms with E-state index >= 15 is 0 Å². The number of ether oxygens (including phenoxy) is 3. The maximum atomic E-state index is 13.6. The Hall–Kier alpha value is -3.64. The second kappa shape index (κ2) is 13.8. The number of hydrogen-bond donors (Lipinski definition) is 1. The van der Waals surface area contributed by atoms with Gasteiger partial charge in [0.1, 0.15) is 29.4 Å². The fraction of sp³-hybridized carbons (Fsp3) is 0.194. The highest BCUT2D eigenvalue weighted by atomic mass is 127. The summed E-state index contributed by atoms with van der Waals surface area (Å²) < 4.78 is 19.2. The molecule has 4 amide bonds. The minimum Gasteiger partial charge on any atom is -0.494 e. The van der Waals surface area contributed by atoms with E-state index in [9.17, 15) is 14.4 Å². The lowest BCUT2D eigenvalue weighted by atomic mass is 10.0. The van der Waals surface area contributed by atoms with Crippen molar-refractivity contribution in [3.05, 3.63) is 97.6 Å². The number of halogens is 2. The third-order valence-corrected chi connectivity index (χ3v) is 7.31. The van der Waals surface area contributed by atoms with Crippen molar-refractivity contribution >= 4 is 68.1 Å². The number of nitrogens with zero attached hydrogens (tertiary/aromatic N) is 1. The van der Waals surface area contributed by atoms with E-state index in [1.807, 2.05) is 37.3 Å². The second-order valence-corrected chi connectivity index (χ2v) is 11.0. The predicted molar refractivity (Wildman–Crippen MR) is 169 cm³/mol. The van der Waals surface area contributed by atoms with E-state index in [-0.39, 0.29) is 11.3 Å². The van der Waals surface area contributed by atoms with Crippen molar-refractivity contribution < 1.29 is 28.6 Å². The number of anilines is 1. The van der Waals surface area contributed by atoms with Gasteiger partial charge in [-0.05, 0) is 118 Å². The van der Waals surface area contributed by atoms with Crippen LogP contribution in [0.4, 0.5) is 10.5 Å². The Morgan fingerprint density at radius 1 is 0.976 bits per heavy atom. The van der Waals surface area contributed by atoms with Crippen molar-refractivity contribution in [3.8, 4) is 17.2 Å². The van der Waals surface area contributed by atoms with Crippen LogP contribution >= 0.6 is 38.5 Å². The average molecular weight is 731 g/mol. The van der Waals surface area contributed by atoms with E-state index in [1.165, 1.54) is 12.1 Å².